The first kappa shape index (κ1) is 14.4. The fraction of sp³-hybridized carbons (Fsp3) is 0.200. The quantitative estimate of drug-likeness (QED) is 0.682. The van der Waals surface area contributed by atoms with Crippen LogP contribution in [0, 0.1) is 0 Å². The van der Waals surface area contributed by atoms with Crippen LogP contribution in [0.2, 0.25) is 5.02 Å². The number of carbonyl (C=O) groups excluding carboxylic acids is 1. The molecule has 0 unspecified atom stereocenters. The number of carbonyl (C=O) groups is 2. The zero-order valence-electron chi connectivity index (χ0n) is 8.61. The lowest BCUT2D eigenvalue weighted by atomic mass is 10.2. The smallest absolute Gasteiger partial charge is 0.300 e. The number of hydrogen-bond donors (Lipinski definition) is 3. The Labute approximate surface area is 97.7 Å². The van der Waals surface area contributed by atoms with Gasteiger partial charge in [-0.2, -0.15) is 0 Å². The van der Waals surface area contributed by atoms with Crippen LogP contribution >= 0.6 is 11.6 Å². The first-order valence-electron chi connectivity index (χ1n) is 4.31. The molecule has 16 heavy (non-hydrogen) atoms. The molecule has 0 aliphatic heterocycles. The van der Waals surface area contributed by atoms with Crippen LogP contribution in [0.25, 0.3) is 0 Å². The maximum Gasteiger partial charge on any atom is 0.300 e. The molecule has 0 spiro atoms. The molecule has 6 heteroatoms. The average molecular weight is 246 g/mol. The van der Waals surface area contributed by atoms with Crippen molar-refractivity contribution in [2.24, 2.45) is 0 Å². The van der Waals surface area contributed by atoms with Crippen molar-refractivity contribution in [1.82, 2.24) is 5.32 Å². The fourth-order valence-electron chi connectivity index (χ4n) is 0.775. The van der Waals surface area contributed by atoms with Gasteiger partial charge in [0.25, 0.3) is 11.9 Å². The molecule has 1 amide bonds. The van der Waals surface area contributed by atoms with E-state index < -0.39 is 5.97 Å². The number of amides is 1. The highest BCUT2D eigenvalue weighted by atomic mass is 35.5. The molecular formula is C10H12ClNO4. The van der Waals surface area contributed by atoms with Crippen molar-refractivity contribution < 1.29 is 19.8 Å². The highest BCUT2D eigenvalue weighted by Gasteiger charge is 2.02. The molecule has 3 N–H and O–H groups in total. The molecule has 88 valence electrons. The molecule has 0 atom stereocenters. The molecule has 5 nitrogen and oxygen atoms in total. The SMILES string of the molecule is CC(=O)O.O=C(NCO)c1ccc(Cl)cc1. The van der Waals surface area contributed by atoms with E-state index >= 15 is 0 Å². The van der Waals surface area contributed by atoms with Crippen molar-refractivity contribution in [1.29, 1.82) is 0 Å². The number of rotatable bonds is 2. The van der Waals surface area contributed by atoms with Gasteiger partial charge in [-0.25, -0.2) is 0 Å². The van der Waals surface area contributed by atoms with Gasteiger partial charge in [0.15, 0.2) is 0 Å². The molecule has 0 aliphatic rings. The molecule has 0 radical (unpaired) electrons. The van der Waals surface area contributed by atoms with Crippen LogP contribution < -0.4 is 5.32 Å². The zero-order valence-corrected chi connectivity index (χ0v) is 9.36. The van der Waals surface area contributed by atoms with Crippen LogP contribution in [-0.2, 0) is 4.79 Å². The van der Waals surface area contributed by atoms with Crippen LogP contribution in [0.4, 0.5) is 0 Å². The Morgan fingerprint density at radius 2 is 1.75 bits per heavy atom. The van der Waals surface area contributed by atoms with Gasteiger partial charge in [0.2, 0.25) is 0 Å². The topological polar surface area (TPSA) is 86.6 Å². The Balaban J connectivity index is 0.000000487. The van der Waals surface area contributed by atoms with E-state index in [1.807, 2.05) is 0 Å². The Morgan fingerprint density at radius 1 is 1.31 bits per heavy atom. The van der Waals surface area contributed by atoms with Crippen molar-refractivity contribution in [2.75, 3.05) is 6.73 Å². The molecule has 1 aromatic carbocycles. The second-order valence-corrected chi connectivity index (χ2v) is 3.13. The Kier molecular flexibility index (Phi) is 6.91. The summed E-state index contributed by atoms with van der Waals surface area (Å²) in [6.07, 6.45) is 0. The average Bonchev–Trinajstić information content (AvgIpc) is 2.18. The predicted molar refractivity (Wildman–Crippen MR) is 59.3 cm³/mol. The van der Waals surface area contributed by atoms with Crippen molar-refractivity contribution in [2.45, 2.75) is 6.92 Å². The van der Waals surface area contributed by atoms with Gasteiger partial charge < -0.3 is 15.5 Å². The van der Waals surface area contributed by atoms with E-state index in [-0.39, 0.29) is 12.6 Å². The summed E-state index contributed by atoms with van der Waals surface area (Å²) >= 11 is 5.61. The summed E-state index contributed by atoms with van der Waals surface area (Å²) in [6.45, 7) is 0.724. The summed E-state index contributed by atoms with van der Waals surface area (Å²) in [5, 5.41) is 18.6. The summed E-state index contributed by atoms with van der Waals surface area (Å²) in [5.74, 6) is -1.14. The lowest BCUT2D eigenvalue weighted by Crippen LogP contribution is -2.23. The lowest BCUT2D eigenvalue weighted by Gasteiger charge is -2.00. The minimum Gasteiger partial charge on any atom is -0.481 e. The molecular weight excluding hydrogens is 234 g/mol. The largest absolute Gasteiger partial charge is 0.481 e. The van der Waals surface area contributed by atoms with E-state index in [0.717, 1.165) is 6.92 Å². The van der Waals surface area contributed by atoms with Crippen molar-refractivity contribution in [3.05, 3.63) is 34.9 Å². The van der Waals surface area contributed by atoms with Crippen molar-refractivity contribution in [3.8, 4) is 0 Å². The molecule has 0 heterocycles. The van der Waals surface area contributed by atoms with E-state index in [0.29, 0.717) is 10.6 Å². The van der Waals surface area contributed by atoms with E-state index in [9.17, 15) is 4.79 Å². The fourth-order valence-corrected chi connectivity index (χ4v) is 0.901. The van der Waals surface area contributed by atoms with E-state index in [2.05, 4.69) is 5.32 Å². The standard InChI is InChI=1S/C8H8ClNO2.C2H4O2/c9-7-3-1-6(2-4-7)8(12)10-5-11;1-2(3)4/h1-4,11H,5H2,(H,10,12);1H3,(H,3,4). The summed E-state index contributed by atoms with van der Waals surface area (Å²) in [6, 6.07) is 6.42. The second kappa shape index (κ2) is 7.67. The number of aliphatic hydroxyl groups excluding tert-OH is 1. The molecule has 1 rings (SSSR count). The molecule has 0 saturated heterocycles. The van der Waals surface area contributed by atoms with E-state index in [1.54, 1.807) is 24.3 Å². The summed E-state index contributed by atoms with van der Waals surface area (Å²) in [7, 11) is 0. The highest BCUT2D eigenvalue weighted by molar-refractivity contribution is 6.30. The number of carboxylic acid groups (broad SMARTS) is 1. The van der Waals surface area contributed by atoms with Crippen LogP contribution in [0.5, 0.6) is 0 Å². The van der Waals surface area contributed by atoms with Gasteiger partial charge in [-0.1, -0.05) is 11.6 Å². The van der Waals surface area contributed by atoms with Crippen LogP contribution in [-0.4, -0.2) is 28.8 Å². The minimum absolute atomic E-state index is 0.311. The maximum atomic E-state index is 11.0. The number of aliphatic hydroxyl groups is 1. The first-order valence-corrected chi connectivity index (χ1v) is 4.69. The molecule has 0 bridgehead atoms. The number of halogens is 1. The van der Waals surface area contributed by atoms with Crippen LogP contribution in [0.1, 0.15) is 17.3 Å². The van der Waals surface area contributed by atoms with E-state index in [4.69, 9.17) is 26.6 Å². The number of nitrogens with one attached hydrogen (secondary N) is 1. The van der Waals surface area contributed by atoms with Crippen LogP contribution in [0.3, 0.4) is 0 Å². The number of benzene rings is 1. The second-order valence-electron chi connectivity index (χ2n) is 2.69. The number of carboxylic acids is 1. The normalized spacial score (nSPS) is 8.69. The predicted octanol–water partition coefficient (Wildman–Crippen LogP) is 1.11. The first-order chi connectivity index (χ1) is 7.47. The summed E-state index contributed by atoms with van der Waals surface area (Å²) in [5.41, 5.74) is 0.480. The number of hydrogen-bond acceptors (Lipinski definition) is 3. The third-order valence-corrected chi connectivity index (χ3v) is 1.60. The Hall–Kier alpha value is -1.59. The lowest BCUT2D eigenvalue weighted by molar-refractivity contribution is -0.134. The van der Waals surface area contributed by atoms with Gasteiger partial charge >= 0.3 is 0 Å². The Morgan fingerprint density at radius 3 is 2.12 bits per heavy atom. The molecule has 1 aromatic rings. The molecule has 0 saturated carbocycles. The van der Waals surface area contributed by atoms with Gasteiger partial charge in [0, 0.05) is 17.5 Å². The number of aliphatic carboxylic acids is 1. The van der Waals surface area contributed by atoms with Crippen molar-refractivity contribution in [3.63, 3.8) is 0 Å². The third kappa shape index (κ3) is 6.80. The minimum atomic E-state index is -0.833. The van der Waals surface area contributed by atoms with Crippen molar-refractivity contribution >= 4 is 23.5 Å². The monoisotopic (exact) mass is 245 g/mol. The third-order valence-electron chi connectivity index (χ3n) is 1.35. The van der Waals surface area contributed by atoms with E-state index in [1.165, 1.54) is 0 Å². The van der Waals surface area contributed by atoms with Crippen LogP contribution in [0.15, 0.2) is 24.3 Å². The molecule has 0 aliphatic carbocycles. The van der Waals surface area contributed by atoms with Gasteiger partial charge in [0.05, 0.1) is 0 Å². The summed E-state index contributed by atoms with van der Waals surface area (Å²) < 4.78 is 0. The zero-order chi connectivity index (χ0) is 12.6. The maximum absolute atomic E-state index is 11.0. The molecule has 0 fully saturated rings. The van der Waals surface area contributed by atoms with Gasteiger partial charge in [-0.15, -0.1) is 0 Å². The molecule has 0 aromatic heterocycles. The highest BCUT2D eigenvalue weighted by Crippen LogP contribution is 2.08. The van der Waals surface area contributed by atoms with Gasteiger partial charge in [0.1, 0.15) is 6.73 Å². The van der Waals surface area contributed by atoms with Gasteiger partial charge in [-0.05, 0) is 24.3 Å². The Bertz CT molecular complexity index is 346. The summed E-state index contributed by atoms with van der Waals surface area (Å²) in [4.78, 5) is 20.0. The van der Waals surface area contributed by atoms with Gasteiger partial charge in [-0.3, -0.25) is 9.59 Å².